The summed E-state index contributed by atoms with van der Waals surface area (Å²) in [5.41, 5.74) is 2.66. The van der Waals surface area contributed by atoms with Crippen molar-refractivity contribution in [2.75, 3.05) is 19.8 Å². The molecule has 0 heterocycles. The predicted molar refractivity (Wildman–Crippen MR) is 137 cm³/mol. The van der Waals surface area contributed by atoms with E-state index < -0.39 is 0 Å². The van der Waals surface area contributed by atoms with Gasteiger partial charge in [-0.15, -0.1) is 0 Å². The lowest BCUT2D eigenvalue weighted by atomic mass is 10.0. The Kier molecular flexibility index (Phi) is 12.2. The summed E-state index contributed by atoms with van der Waals surface area (Å²) in [7, 11) is 0. The van der Waals surface area contributed by atoms with Crippen LogP contribution in [0.2, 0.25) is 0 Å². The quantitative estimate of drug-likeness (QED) is 0.149. The lowest BCUT2D eigenvalue weighted by molar-refractivity contribution is 0.104. The fourth-order valence-electron chi connectivity index (χ4n) is 3.35. The van der Waals surface area contributed by atoms with Crippen molar-refractivity contribution in [2.45, 2.75) is 72.6 Å². The van der Waals surface area contributed by atoms with E-state index in [1.54, 1.807) is 18.2 Å². The van der Waals surface area contributed by atoms with Gasteiger partial charge in [-0.2, -0.15) is 0 Å². The molecule has 0 atom stereocenters. The fraction of sp³-hybridized carbons (Fsp3) is 0.483. The van der Waals surface area contributed by atoms with E-state index in [1.165, 1.54) is 0 Å². The second-order valence-corrected chi connectivity index (χ2v) is 8.22. The van der Waals surface area contributed by atoms with E-state index in [-0.39, 0.29) is 5.78 Å². The zero-order valence-electron chi connectivity index (χ0n) is 20.8. The molecular weight excluding hydrogens is 412 g/mol. The Morgan fingerprint density at radius 1 is 0.758 bits per heavy atom. The average Bonchev–Trinajstić information content (AvgIpc) is 2.83. The number of benzene rings is 2. The minimum absolute atomic E-state index is 0.0448. The van der Waals surface area contributed by atoms with Crippen LogP contribution in [-0.4, -0.2) is 25.6 Å². The molecule has 0 unspecified atom stereocenters. The van der Waals surface area contributed by atoms with Gasteiger partial charge >= 0.3 is 0 Å². The van der Waals surface area contributed by atoms with E-state index in [0.29, 0.717) is 25.4 Å². The molecule has 0 saturated heterocycles. The number of hydrogen-bond donors (Lipinski definition) is 0. The summed E-state index contributed by atoms with van der Waals surface area (Å²) in [5, 5.41) is 0. The average molecular weight is 453 g/mol. The molecule has 4 nitrogen and oxygen atoms in total. The number of rotatable bonds is 16. The van der Waals surface area contributed by atoms with Crippen molar-refractivity contribution in [1.82, 2.24) is 0 Å². The summed E-state index contributed by atoms with van der Waals surface area (Å²) in [4.78, 5) is 12.7. The van der Waals surface area contributed by atoms with Gasteiger partial charge in [-0.3, -0.25) is 4.79 Å². The van der Waals surface area contributed by atoms with Gasteiger partial charge in [0, 0.05) is 11.1 Å². The van der Waals surface area contributed by atoms with Crippen LogP contribution in [0.4, 0.5) is 0 Å². The third kappa shape index (κ3) is 8.95. The van der Waals surface area contributed by atoms with E-state index in [4.69, 9.17) is 14.2 Å². The number of ketones is 1. The fourth-order valence-corrected chi connectivity index (χ4v) is 3.35. The molecule has 0 aliphatic carbocycles. The van der Waals surface area contributed by atoms with Crippen LogP contribution in [0.15, 0.2) is 42.5 Å². The zero-order chi connectivity index (χ0) is 23.9. The van der Waals surface area contributed by atoms with Crippen molar-refractivity contribution in [1.29, 1.82) is 0 Å². The summed E-state index contributed by atoms with van der Waals surface area (Å²) in [5.74, 6) is 2.47. The van der Waals surface area contributed by atoms with Crippen LogP contribution in [0.5, 0.6) is 17.2 Å². The first-order chi connectivity index (χ1) is 16.1. The largest absolute Gasteiger partial charge is 0.494 e. The van der Waals surface area contributed by atoms with Gasteiger partial charge in [0.15, 0.2) is 5.78 Å². The SMILES string of the molecule is CCCCOc1cc(/C=C/C(=O)c2ccc(OCCC)cc2)cc(OCCCC)c1CCC. The number of carbonyl (C=O) groups is 1. The van der Waals surface area contributed by atoms with Gasteiger partial charge in [0.2, 0.25) is 0 Å². The minimum atomic E-state index is -0.0448. The maximum atomic E-state index is 12.7. The van der Waals surface area contributed by atoms with Gasteiger partial charge in [-0.05, 0) is 73.7 Å². The van der Waals surface area contributed by atoms with Gasteiger partial charge < -0.3 is 14.2 Å². The van der Waals surface area contributed by atoms with Crippen LogP contribution in [0.1, 0.15) is 87.7 Å². The molecule has 4 heteroatoms. The maximum Gasteiger partial charge on any atom is 0.185 e. The predicted octanol–water partition coefficient (Wildman–Crippen LogP) is 7.68. The Balaban J connectivity index is 2.24. The third-order valence-electron chi connectivity index (χ3n) is 5.24. The first-order valence-electron chi connectivity index (χ1n) is 12.5. The second-order valence-electron chi connectivity index (χ2n) is 8.22. The summed E-state index contributed by atoms with van der Waals surface area (Å²) in [6.07, 6.45) is 10.5. The molecule has 0 aromatic heterocycles. The molecule has 0 radical (unpaired) electrons. The molecule has 0 aliphatic heterocycles. The van der Waals surface area contributed by atoms with Crippen LogP contribution in [0.3, 0.4) is 0 Å². The Bertz CT molecular complexity index is 837. The Morgan fingerprint density at radius 3 is 1.88 bits per heavy atom. The smallest absolute Gasteiger partial charge is 0.185 e. The first kappa shape index (κ1) is 26.5. The Labute approximate surface area is 200 Å². The van der Waals surface area contributed by atoms with E-state index >= 15 is 0 Å². The molecule has 0 amide bonds. The molecule has 0 fully saturated rings. The van der Waals surface area contributed by atoms with Gasteiger partial charge in [-0.25, -0.2) is 0 Å². The molecule has 2 rings (SSSR count). The van der Waals surface area contributed by atoms with E-state index in [0.717, 1.165) is 73.3 Å². The van der Waals surface area contributed by atoms with Crippen molar-refractivity contribution in [3.05, 3.63) is 59.2 Å². The van der Waals surface area contributed by atoms with E-state index in [1.807, 2.05) is 30.3 Å². The van der Waals surface area contributed by atoms with Crippen molar-refractivity contribution in [3.63, 3.8) is 0 Å². The van der Waals surface area contributed by atoms with Gasteiger partial charge in [-0.1, -0.05) is 53.0 Å². The highest BCUT2D eigenvalue weighted by Crippen LogP contribution is 2.33. The summed E-state index contributed by atoms with van der Waals surface area (Å²) < 4.78 is 17.9. The molecule has 0 saturated carbocycles. The van der Waals surface area contributed by atoms with Crippen LogP contribution < -0.4 is 14.2 Å². The molecule has 2 aromatic carbocycles. The first-order valence-corrected chi connectivity index (χ1v) is 12.5. The molecule has 0 aliphatic rings. The van der Waals surface area contributed by atoms with Gasteiger partial charge in [0.25, 0.3) is 0 Å². The van der Waals surface area contributed by atoms with E-state index in [2.05, 4.69) is 27.7 Å². The molecule has 2 aromatic rings. The summed E-state index contributed by atoms with van der Waals surface area (Å²) in [6, 6.07) is 11.4. The monoisotopic (exact) mass is 452 g/mol. The second kappa shape index (κ2) is 15.2. The van der Waals surface area contributed by atoms with Crippen LogP contribution in [0.25, 0.3) is 6.08 Å². The molecule has 33 heavy (non-hydrogen) atoms. The Morgan fingerprint density at radius 2 is 1.36 bits per heavy atom. The van der Waals surface area contributed by atoms with Crippen molar-refractivity contribution in [2.24, 2.45) is 0 Å². The molecule has 0 N–H and O–H groups in total. The zero-order valence-corrected chi connectivity index (χ0v) is 20.8. The summed E-state index contributed by atoms with van der Waals surface area (Å²) in [6.45, 7) is 10.6. The number of carbonyl (C=O) groups excluding carboxylic acids is 1. The maximum absolute atomic E-state index is 12.7. The minimum Gasteiger partial charge on any atom is -0.494 e. The summed E-state index contributed by atoms with van der Waals surface area (Å²) >= 11 is 0. The third-order valence-corrected chi connectivity index (χ3v) is 5.24. The van der Waals surface area contributed by atoms with Crippen LogP contribution >= 0.6 is 0 Å². The Hall–Kier alpha value is -2.75. The van der Waals surface area contributed by atoms with Gasteiger partial charge in [0.1, 0.15) is 17.2 Å². The van der Waals surface area contributed by atoms with Crippen molar-refractivity contribution >= 4 is 11.9 Å². The normalized spacial score (nSPS) is 11.0. The highest BCUT2D eigenvalue weighted by Gasteiger charge is 2.13. The van der Waals surface area contributed by atoms with Gasteiger partial charge in [0.05, 0.1) is 19.8 Å². The van der Waals surface area contributed by atoms with E-state index in [9.17, 15) is 4.79 Å². The number of allylic oxidation sites excluding steroid dienone is 1. The van der Waals surface area contributed by atoms with Crippen LogP contribution in [0, 0.1) is 0 Å². The number of unbranched alkanes of at least 4 members (excludes halogenated alkanes) is 2. The molecular formula is C29H40O4. The topological polar surface area (TPSA) is 44.8 Å². The van der Waals surface area contributed by atoms with Crippen LogP contribution in [-0.2, 0) is 6.42 Å². The lowest BCUT2D eigenvalue weighted by Gasteiger charge is -2.17. The highest BCUT2D eigenvalue weighted by atomic mass is 16.5. The highest BCUT2D eigenvalue weighted by molar-refractivity contribution is 6.06. The number of ether oxygens (including phenoxy) is 3. The van der Waals surface area contributed by atoms with Crippen molar-refractivity contribution < 1.29 is 19.0 Å². The lowest BCUT2D eigenvalue weighted by Crippen LogP contribution is -2.05. The number of hydrogen-bond acceptors (Lipinski definition) is 4. The standard InChI is InChI=1S/C29H40O4/c1-5-9-19-32-28-21-23(22-29(26(28)11-7-3)33-20-10-6-2)12-17-27(30)24-13-15-25(16-14-24)31-18-8-4/h12-17,21-22H,5-11,18-20H2,1-4H3/b17-12+. The van der Waals surface area contributed by atoms with Crippen molar-refractivity contribution in [3.8, 4) is 17.2 Å². The molecule has 0 spiro atoms. The molecule has 0 bridgehead atoms. The molecule has 180 valence electrons.